The molecule has 1 heterocycles. The number of carbonyl (C=O) groups is 1. The lowest BCUT2D eigenvalue weighted by Crippen LogP contribution is -2.23. The summed E-state index contributed by atoms with van der Waals surface area (Å²) < 4.78 is 7.00. The zero-order valence-electron chi connectivity index (χ0n) is 13.5. The van der Waals surface area contributed by atoms with Crippen molar-refractivity contribution < 1.29 is 9.53 Å². The van der Waals surface area contributed by atoms with E-state index >= 15 is 0 Å². The Morgan fingerprint density at radius 2 is 1.84 bits per heavy atom. The first-order valence-corrected chi connectivity index (χ1v) is 8.45. The summed E-state index contributed by atoms with van der Waals surface area (Å²) in [7, 11) is 0. The van der Waals surface area contributed by atoms with Crippen molar-refractivity contribution in [1.29, 1.82) is 0 Å². The van der Waals surface area contributed by atoms with E-state index in [0.29, 0.717) is 16.6 Å². The average Bonchev–Trinajstić information content (AvgIpc) is 3.02. The highest BCUT2D eigenvalue weighted by atomic mass is 32.2. The van der Waals surface area contributed by atoms with Crippen molar-refractivity contribution in [3.63, 3.8) is 0 Å². The third-order valence-corrected chi connectivity index (χ3v) is 4.36. The summed E-state index contributed by atoms with van der Waals surface area (Å²) in [6.45, 7) is 1.78. The molecule has 1 amide bonds. The van der Waals surface area contributed by atoms with E-state index in [1.807, 2.05) is 30.3 Å². The number of nitrogens with zero attached hydrogens (tertiary/aromatic N) is 3. The summed E-state index contributed by atoms with van der Waals surface area (Å²) in [5.74, 6) is 6.95. The molecule has 0 aliphatic heterocycles. The minimum atomic E-state index is -0.369. The molecule has 2 aromatic carbocycles. The number of nitrogens with two attached hydrogens (primary N) is 1. The van der Waals surface area contributed by atoms with Crippen molar-refractivity contribution in [3.05, 3.63) is 60.9 Å². The van der Waals surface area contributed by atoms with Gasteiger partial charge in [-0.25, -0.2) is 4.68 Å². The van der Waals surface area contributed by atoms with E-state index < -0.39 is 0 Å². The van der Waals surface area contributed by atoms with Crippen molar-refractivity contribution >= 4 is 23.4 Å². The first-order valence-electron chi connectivity index (χ1n) is 7.57. The number of nitrogen functional groups attached to an aromatic ring is 1. The fourth-order valence-corrected chi connectivity index (χ4v) is 2.75. The van der Waals surface area contributed by atoms with Crippen molar-refractivity contribution in [2.45, 2.75) is 17.3 Å². The molecule has 3 N–H and O–H groups in total. The second kappa shape index (κ2) is 7.71. The number of ether oxygens (including phenoxy) is 1. The molecule has 0 saturated carbocycles. The Hall–Kier alpha value is -3.00. The van der Waals surface area contributed by atoms with Gasteiger partial charge in [0.2, 0.25) is 11.1 Å². The van der Waals surface area contributed by atoms with Gasteiger partial charge in [0, 0.05) is 5.69 Å². The lowest BCUT2D eigenvalue weighted by atomic mass is 10.3. The van der Waals surface area contributed by atoms with E-state index in [4.69, 9.17) is 10.6 Å². The number of para-hydroxylation sites is 1. The van der Waals surface area contributed by atoms with Crippen LogP contribution in [-0.4, -0.2) is 26.0 Å². The summed E-state index contributed by atoms with van der Waals surface area (Å²) in [5, 5.41) is 10.5. The first kappa shape index (κ1) is 16.8. The molecule has 128 valence electrons. The molecule has 0 spiro atoms. The highest BCUT2D eigenvalue weighted by molar-refractivity contribution is 8.00. The molecule has 3 rings (SSSR count). The van der Waals surface area contributed by atoms with Crippen LogP contribution in [0.25, 0.3) is 0 Å². The molecule has 8 heteroatoms. The van der Waals surface area contributed by atoms with Crippen LogP contribution in [-0.2, 0) is 4.79 Å². The van der Waals surface area contributed by atoms with Crippen molar-refractivity contribution in [3.8, 4) is 11.5 Å². The Kier molecular flexibility index (Phi) is 5.20. The number of amides is 1. The van der Waals surface area contributed by atoms with E-state index in [0.717, 1.165) is 5.75 Å². The van der Waals surface area contributed by atoms with E-state index in [1.165, 1.54) is 22.8 Å². The molecule has 0 saturated heterocycles. The molecule has 0 aliphatic rings. The molecule has 0 unspecified atom stereocenters. The minimum Gasteiger partial charge on any atom is -0.457 e. The van der Waals surface area contributed by atoms with Crippen LogP contribution in [0.3, 0.4) is 0 Å². The number of thioether (sulfide) groups is 1. The smallest absolute Gasteiger partial charge is 0.237 e. The Bertz CT molecular complexity index is 836. The minimum absolute atomic E-state index is 0.148. The summed E-state index contributed by atoms with van der Waals surface area (Å²) in [6, 6.07) is 16.7. The summed E-state index contributed by atoms with van der Waals surface area (Å²) in [4.78, 5) is 12.3. The molecule has 0 aliphatic carbocycles. The zero-order chi connectivity index (χ0) is 17.6. The Morgan fingerprint density at radius 1 is 1.16 bits per heavy atom. The van der Waals surface area contributed by atoms with E-state index in [2.05, 4.69) is 15.5 Å². The van der Waals surface area contributed by atoms with Crippen LogP contribution >= 0.6 is 11.8 Å². The molecule has 0 bridgehead atoms. The number of rotatable bonds is 6. The largest absolute Gasteiger partial charge is 0.457 e. The molecule has 1 atom stereocenters. The van der Waals surface area contributed by atoms with Crippen LogP contribution in [0.4, 0.5) is 5.69 Å². The van der Waals surface area contributed by atoms with Crippen LogP contribution in [0.1, 0.15) is 6.92 Å². The zero-order valence-corrected chi connectivity index (χ0v) is 14.3. The van der Waals surface area contributed by atoms with E-state index in [1.54, 1.807) is 31.2 Å². The Balaban J connectivity index is 1.57. The Morgan fingerprint density at radius 3 is 2.48 bits per heavy atom. The molecule has 3 aromatic rings. The van der Waals surface area contributed by atoms with Crippen molar-refractivity contribution in [1.82, 2.24) is 14.9 Å². The van der Waals surface area contributed by atoms with Gasteiger partial charge in [-0.05, 0) is 43.3 Å². The van der Waals surface area contributed by atoms with Crippen LogP contribution in [0.2, 0.25) is 0 Å². The van der Waals surface area contributed by atoms with Gasteiger partial charge in [0.25, 0.3) is 0 Å². The summed E-state index contributed by atoms with van der Waals surface area (Å²) in [5.41, 5.74) is 0.687. The van der Waals surface area contributed by atoms with Crippen molar-refractivity contribution in [2.24, 2.45) is 0 Å². The van der Waals surface area contributed by atoms with Crippen LogP contribution < -0.4 is 15.9 Å². The van der Waals surface area contributed by atoms with Gasteiger partial charge in [-0.3, -0.25) is 4.79 Å². The standard InChI is InChI=1S/C17H17N5O2S/c1-12(25-17-21-19-11-22(17)18)16(23)20-13-7-9-15(10-8-13)24-14-5-3-2-4-6-14/h2-12H,18H2,1H3,(H,20,23)/t12-/m1/s1. The number of anilines is 1. The second-order valence-corrected chi connectivity index (χ2v) is 6.52. The molecule has 25 heavy (non-hydrogen) atoms. The highest BCUT2D eigenvalue weighted by Crippen LogP contribution is 2.24. The lowest BCUT2D eigenvalue weighted by molar-refractivity contribution is -0.115. The monoisotopic (exact) mass is 355 g/mol. The van der Waals surface area contributed by atoms with Gasteiger partial charge >= 0.3 is 0 Å². The van der Waals surface area contributed by atoms with Crippen LogP contribution in [0.15, 0.2) is 66.1 Å². The lowest BCUT2D eigenvalue weighted by Gasteiger charge is -2.12. The highest BCUT2D eigenvalue weighted by Gasteiger charge is 2.17. The van der Waals surface area contributed by atoms with Gasteiger partial charge in [0.15, 0.2) is 0 Å². The third kappa shape index (κ3) is 4.51. The predicted molar refractivity (Wildman–Crippen MR) is 97.1 cm³/mol. The summed E-state index contributed by atoms with van der Waals surface area (Å²) >= 11 is 1.24. The van der Waals surface area contributed by atoms with E-state index in [9.17, 15) is 4.79 Å². The normalized spacial score (nSPS) is 11.7. The number of hydrogen-bond donors (Lipinski definition) is 2. The van der Waals surface area contributed by atoms with Gasteiger partial charge in [-0.2, -0.15) is 0 Å². The predicted octanol–water partition coefficient (Wildman–Crippen LogP) is 2.90. The quantitative estimate of drug-likeness (QED) is 0.521. The topological polar surface area (TPSA) is 95.1 Å². The van der Waals surface area contributed by atoms with Crippen LogP contribution in [0.5, 0.6) is 11.5 Å². The molecular weight excluding hydrogens is 338 g/mol. The van der Waals surface area contributed by atoms with Gasteiger partial charge in [-0.15, -0.1) is 10.2 Å². The molecular formula is C17H17N5O2S. The molecule has 1 aromatic heterocycles. The molecule has 0 radical (unpaired) electrons. The number of nitrogens with one attached hydrogen (secondary N) is 1. The van der Waals surface area contributed by atoms with Gasteiger partial charge < -0.3 is 15.9 Å². The Labute approximate surface area is 149 Å². The number of benzene rings is 2. The third-order valence-electron chi connectivity index (χ3n) is 3.29. The van der Waals surface area contributed by atoms with Gasteiger partial charge in [-0.1, -0.05) is 30.0 Å². The number of carbonyl (C=O) groups excluding carboxylic acids is 1. The second-order valence-electron chi connectivity index (χ2n) is 5.21. The molecule has 0 fully saturated rings. The SMILES string of the molecule is C[C@@H](Sc1nncn1N)C(=O)Nc1ccc(Oc2ccccc2)cc1. The van der Waals surface area contributed by atoms with Crippen molar-refractivity contribution in [2.75, 3.05) is 11.2 Å². The fourth-order valence-electron chi connectivity index (χ4n) is 2.00. The maximum atomic E-state index is 12.3. The fraction of sp³-hybridized carbons (Fsp3) is 0.118. The number of aromatic nitrogens is 3. The molecule has 7 nitrogen and oxygen atoms in total. The van der Waals surface area contributed by atoms with Gasteiger partial charge in [0.1, 0.15) is 17.8 Å². The average molecular weight is 355 g/mol. The maximum absolute atomic E-state index is 12.3. The summed E-state index contributed by atoms with van der Waals surface area (Å²) in [6.07, 6.45) is 1.39. The number of hydrogen-bond acceptors (Lipinski definition) is 6. The van der Waals surface area contributed by atoms with E-state index in [-0.39, 0.29) is 11.2 Å². The van der Waals surface area contributed by atoms with Crippen LogP contribution in [0, 0.1) is 0 Å². The first-order chi connectivity index (χ1) is 12.1. The maximum Gasteiger partial charge on any atom is 0.237 e. The van der Waals surface area contributed by atoms with Gasteiger partial charge in [0.05, 0.1) is 5.25 Å².